The number of hydrogen-bond donors (Lipinski definition) is 1. The minimum atomic E-state index is -0.502. The van der Waals surface area contributed by atoms with Gasteiger partial charge in [-0.15, -0.1) is 5.30 Å². The van der Waals surface area contributed by atoms with Gasteiger partial charge in [0.2, 0.25) is 0 Å². The molecule has 0 saturated heterocycles. The van der Waals surface area contributed by atoms with Crippen molar-refractivity contribution < 1.29 is 70.8 Å². The summed E-state index contributed by atoms with van der Waals surface area (Å²) in [7, 11) is -0.446. The van der Waals surface area contributed by atoms with Crippen LogP contribution in [0.4, 0.5) is 0 Å². The van der Waals surface area contributed by atoms with Gasteiger partial charge in [0.05, 0.1) is 0 Å². The molecule has 9 aromatic carbocycles. The third-order valence-corrected chi connectivity index (χ3v) is 17.6. The molecule has 0 saturated carbocycles. The van der Waals surface area contributed by atoms with Crippen molar-refractivity contribution in [1.29, 1.82) is 0 Å². The molecule has 0 aliphatic heterocycles. The second-order valence-corrected chi connectivity index (χ2v) is 20.6. The molecule has 0 amide bonds. The van der Waals surface area contributed by atoms with Gasteiger partial charge in [-0.25, -0.2) is 0 Å². The molecule has 0 aromatic heterocycles. The van der Waals surface area contributed by atoms with Crippen LogP contribution < -0.4 is 77.0 Å². The van der Waals surface area contributed by atoms with Crippen LogP contribution in [-0.2, 0) is 40.8 Å². The number of halogens is 2. The number of rotatable bonds is 9. The molecule has 1 N–H and O–H groups in total. The van der Waals surface area contributed by atoms with E-state index in [1.54, 1.807) is 0 Å². The Labute approximate surface area is 432 Å². The molecule has 0 fully saturated rings. The van der Waals surface area contributed by atoms with E-state index >= 15 is 0 Å². The van der Waals surface area contributed by atoms with Gasteiger partial charge in [-0.05, 0) is 42.4 Å². The first kappa shape index (κ1) is 56.8. The molecule has 0 atom stereocenters. The fourth-order valence-corrected chi connectivity index (χ4v) is 14.3. The molecular weight excluding hydrogens is 1130 g/mol. The largest absolute Gasteiger partial charge is 0.176 e. The summed E-state index contributed by atoms with van der Waals surface area (Å²) in [6.45, 7) is 0. The topological polar surface area (TPSA) is 20.2 Å². The first-order valence-electron chi connectivity index (χ1n) is 19.7. The average Bonchev–Trinajstić information content (AvgIpc) is 3.34. The van der Waals surface area contributed by atoms with Crippen molar-refractivity contribution in [2.75, 3.05) is 7.11 Å². The van der Waals surface area contributed by atoms with Gasteiger partial charge in [0.15, 0.2) is 0 Å². The summed E-state index contributed by atoms with van der Waals surface area (Å²) in [5.41, 5.74) is 0. The molecule has 9 aromatic rings. The van der Waals surface area contributed by atoms with E-state index in [2.05, 4.69) is 271 Å². The third-order valence-electron chi connectivity index (χ3n) is 9.14. The maximum absolute atomic E-state index is 7.00. The van der Waals surface area contributed by atoms with Crippen LogP contribution >= 0.6 is 23.8 Å². The zero-order chi connectivity index (χ0) is 41.6. The van der Waals surface area contributed by atoms with E-state index in [1.807, 2.05) is 12.1 Å². The van der Waals surface area contributed by atoms with Crippen molar-refractivity contribution in [2.45, 2.75) is 0 Å². The van der Waals surface area contributed by atoms with Gasteiger partial charge >= 0.3 is 170 Å². The Morgan fingerprint density at radius 2 is 0.562 bits per heavy atom. The SMILES string of the molecule is CO.[Cl-].[Cl-].[Pd+2].[Pd+2].[Se-]c1ccccc1P(c1ccccc1)c1ccccc1.[c-]1ccccc1P(c1ccccc1)c1ccccc1.c1ccc(P(c2ccccc2)c2ccccc2)cc1. The molecule has 1 nitrogen and oxygen atoms in total. The number of aliphatic hydroxyl groups is 1. The minimum Gasteiger partial charge on any atom is -0.176 e. The summed E-state index contributed by atoms with van der Waals surface area (Å²) >= 11 is 3.21. The Morgan fingerprint density at radius 3 is 0.844 bits per heavy atom. The fraction of sp³-hybridized carbons (Fsp3) is 0.0182. The zero-order valence-electron chi connectivity index (χ0n) is 34.9. The summed E-state index contributed by atoms with van der Waals surface area (Å²) in [6, 6.07) is 95.5. The van der Waals surface area contributed by atoms with Crippen LogP contribution in [0.25, 0.3) is 0 Å². The molecule has 0 heterocycles. The van der Waals surface area contributed by atoms with E-state index in [1.165, 1.54) is 52.2 Å². The molecule has 9 rings (SSSR count). The Balaban J connectivity index is 0.000000314. The molecule has 0 spiro atoms. The maximum atomic E-state index is 7.00. The van der Waals surface area contributed by atoms with Gasteiger partial charge < -0.3 is 29.9 Å². The summed E-state index contributed by atoms with van der Waals surface area (Å²) < 4.78 is 1.24. The molecule has 0 aliphatic rings. The fourth-order valence-electron chi connectivity index (χ4n) is 6.51. The van der Waals surface area contributed by atoms with Crippen molar-refractivity contribution in [2.24, 2.45) is 0 Å². The maximum Gasteiger partial charge on any atom is -0.0134 e. The van der Waals surface area contributed by atoms with E-state index in [0.717, 1.165) is 7.11 Å². The van der Waals surface area contributed by atoms with Crippen LogP contribution in [-0.4, -0.2) is 28.2 Å². The predicted molar refractivity (Wildman–Crippen MR) is 268 cm³/mol. The molecular formula is C55H47Cl2OP3Pd2Se. The van der Waals surface area contributed by atoms with Crippen LogP contribution in [0.15, 0.2) is 261 Å². The third kappa shape index (κ3) is 16.8. The molecule has 0 aliphatic carbocycles. The van der Waals surface area contributed by atoms with Crippen molar-refractivity contribution in [3.63, 3.8) is 0 Å². The second kappa shape index (κ2) is 32.3. The van der Waals surface area contributed by atoms with Gasteiger partial charge in [0.1, 0.15) is 0 Å². The van der Waals surface area contributed by atoms with Crippen LogP contribution in [0, 0.1) is 6.07 Å². The molecule has 328 valence electrons. The van der Waals surface area contributed by atoms with Gasteiger partial charge in [-0.2, -0.15) is 30.3 Å². The Hall–Kier alpha value is -3.35. The van der Waals surface area contributed by atoms with Crippen molar-refractivity contribution in [3.05, 3.63) is 267 Å². The van der Waals surface area contributed by atoms with Crippen molar-refractivity contribution in [1.82, 2.24) is 0 Å². The van der Waals surface area contributed by atoms with E-state index < -0.39 is 23.8 Å². The Morgan fingerprint density at radius 1 is 0.312 bits per heavy atom. The molecule has 64 heavy (non-hydrogen) atoms. The summed E-state index contributed by atoms with van der Waals surface area (Å²) in [5, 5.41) is 19.4. The molecule has 0 bridgehead atoms. The van der Waals surface area contributed by atoms with E-state index in [4.69, 9.17) is 5.11 Å². The number of aliphatic hydroxyl groups excluding tert-OH is 1. The quantitative estimate of drug-likeness (QED) is 0.134. The summed E-state index contributed by atoms with van der Waals surface area (Å²) in [4.78, 5) is 0. The first-order chi connectivity index (χ1) is 29.8. The predicted octanol–water partition coefficient (Wildman–Crippen LogP) is 2.54. The van der Waals surface area contributed by atoms with E-state index in [9.17, 15) is 0 Å². The van der Waals surface area contributed by atoms with Gasteiger partial charge in [0, 0.05) is 7.11 Å². The summed E-state index contributed by atoms with van der Waals surface area (Å²) in [5.74, 6) is 0. The van der Waals surface area contributed by atoms with Crippen molar-refractivity contribution >= 4 is 92.0 Å². The minimum absolute atomic E-state index is 0. The van der Waals surface area contributed by atoms with E-state index in [0.29, 0.717) is 0 Å². The van der Waals surface area contributed by atoms with Crippen molar-refractivity contribution in [3.8, 4) is 0 Å². The van der Waals surface area contributed by atoms with Crippen LogP contribution in [0.1, 0.15) is 0 Å². The Kier molecular flexibility index (Phi) is 28.7. The van der Waals surface area contributed by atoms with Crippen LogP contribution in [0.2, 0.25) is 0 Å². The van der Waals surface area contributed by atoms with Crippen LogP contribution in [0.5, 0.6) is 0 Å². The van der Waals surface area contributed by atoms with Crippen LogP contribution in [0.3, 0.4) is 0 Å². The number of hydrogen-bond acceptors (Lipinski definition) is 1. The standard InChI is InChI=1S/C18H15PSe.C18H15P.C18H14P.CH4O.2ClH.2Pd/c20-18-14-8-7-13-17(18)19(15-9-3-1-4-10-15)16-11-5-2-6-12-16;2*1-4-10-16(11-5-1)19(17-12-6-2-7-13-17)18-14-8-3-9-15-18;1-2;;;;/h1-14,20H;1-15H;1-14H;2H,1H3;2*1H;;/q;;-1;;;;2*+2/p-3. The molecule has 0 radical (unpaired) electrons. The van der Waals surface area contributed by atoms with Gasteiger partial charge in [0.25, 0.3) is 0 Å². The first-order valence-corrected chi connectivity index (χ1v) is 24.6. The normalized spacial score (nSPS) is 9.70. The monoisotopic (exact) mass is 1180 g/mol. The zero-order valence-corrected chi connectivity index (χ0v) is 43.9. The average molecular weight is 1180 g/mol. The molecule has 0 unspecified atom stereocenters. The van der Waals surface area contributed by atoms with E-state index in [-0.39, 0.29) is 65.7 Å². The second-order valence-electron chi connectivity index (χ2n) is 13.1. The molecule has 9 heteroatoms. The Bertz CT molecular complexity index is 2180. The van der Waals surface area contributed by atoms with Gasteiger partial charge in [-0.3, -0.25) is 0 Å². The smallest absolute Gasteiger partial charge is 0.0134 e. The summed E-state index contributed by atoms with van der Waals surface area (Å²) in [6.07, 6.45) is 0. The number of benzene rings is 9. The van der Waals surface area contributed by atoms with Gasteiger partial charge in [-0.1, -0.05) is 152 Å².